The number of rotatable bonds is 5. The Labute approximate surface area is 129 Å². The van der Waals surface area contributed by atoms with Crippen molar-refractivity contribution in [2.24, 2.45) is 0 Å². The molecule has 2 aromatic rings. The lowest BCUT2D eigenvalue weighted by atomic mass is 10.0. The van der Waals surface area contributed by atoms with Crippen molar-refractivity contribution in [2.45, 2.75) is 25.4 Å². The summed E-state index contributed by atoms with van der Waals surface area (Å²) in [5, 5.41) is 3.62. The summed E-state index contributed by atoms with van der Waals surface area (Å²) in [6, 6.07) is 6.74. The first-order valence-corrected chi connectivity index (χ1v) is 8.00. The van der Waals surface area contributed by atoms with Crippen LogP contribution in [0.5, 0.6) is 5.88 Å². The molecule has 112 valence electrons. The minimum atomic E-state index is 0.580. The second-order valence-corrected chi connectivity index (χ2v) is 6.07. The predicted molar refractivity (Wildman–Crippen MR) is 85.0 cm³/mol. The van der Waals surface area contributed by atoms with Crippen molar-refractivity contribution in [3.8, 4) is 5.88 Å². The Morgan fingerprint density at radius 3 is 2.76 bits per heavy atom. The molecule has 0 unspecified atom stereocenters. The van der Waals surface area contributed by atoms with Crippen LogP contribution in [0.3, 0.4) is 0 Å². The average molecular weight is 304 g/mol. The molecule has 3 rings (SSSR count). The van der Waals surface area contributed by atoms with E-state index in [9.17, 15) is 0 Å². The predicted octanol–water partition coefficient (Wildman–Crippen LogP) is 2.31. The number of hydrogen-bond donors (Lipinski definition) is 1. The number of aromatic nitrogens is 2. The highest BCUT2D eigenvalue weighted by molar-refractivity contribution is 7.05. The fraction of sp³-hybridized carbons (Fsp3) is 0.467. The first kappa shape index (κ1) is 14.3. The van der Waals surface area contributed by atoms with E-state index in [0.29, 0.717) is 11.9 Å². The Morgan fingerprint density at radius 1 is 1.33 bits per heavy atom. The Morgan fingerprint density at radius 2 is 2.10 bits per heavy atom. The van der Waals surface area contributed by atoms with Crippen molar-refractivity contribution in [3.05, 3.63) is 35.5 Å². The van der Waals surface area contributed by atoms with E-state index in [1.165, 1.54) is 22.1 Å². The lowest BCUT2D eigenvalue weighted by Gasteiger charge is -2.33. The van der Waals surface area contributed by atoms with Gasteiger partial charge < -0.3 is 15.0 Å². The monoisotopic (exact) mass is 304 g/mol. The van der Waals surface area contributed by atoms with Gasteiger partial charge in [-0.25, -0.2) is 0 Å². The summed E-state index contributed by atoms with van der Waals surface area (Å²) < 4.78 is 9.32. The first-order valence-electron chi connectivity index (χ1n) is 7.23. The highest BCUT2D eigenvalue weighted by Gasteiger charge is 2.19. The third kappa shape index (κ3) is 3.71. The minimum Gasteiger partial charge on any atom is -0.480 e. The van der Waals surface area contributed by atoms with Crippen LogP contribution in [-0.2, 0) is 6.54 Å². The van der Waals surface area contributed by atoms with E-state index < -0.39 is 0 Å². The van der Waals surface area contributed by atoms with E-state index in [1.807, 2.05) is 18.5 Å². The molecule has 5 nitrogen and oxygen atoms in total. The molecule has 3 heterocycles. The van der Waals surface area contributed by atoms with E-state index >= 15 is 0 Å². The molecule has 2 aromatic heterocycles. The van der Waals surface area contributed by atoms with Crippen LogP contribution in [0.2, 0.25) is 0 Å². The number of pyridine rings is 1. The van der Waals surface area contributed by atoms with Crippen LogP contribution in [0, 0.1) is 0 Å². The van der Waals surface area contributed by atoms with Crippen LogP contribution < -0.4 is 15.0 Å². The van der Waals surface area contributed by atoms with E-state index in [4.69, 9.17) is 4.74 Å². The van der Waals surface area contributed by atoms with Gasteiger partial charge in [-0.3, -0.25) is 4.98 Å². The molecule has 0 atom stereocenters. The number of nitrogens with zero attached hydrogens (tertiary/aromatic N) is 3. The van der Waals surface area contributed by atoms with Crippen LogP contribution in [0.15, 0.2) is 30.6 Å². The zero-order chi connectivity index (χ0) is 14.5. The quantitative estimate of drug-likeness (QED) is 0.918. The molecule has 1 aliphatic heterocycles. The second-order valence-electron chi connectivity index (χ2n) is 5.18. The molecule has 0 radical (unpaired) electrons. The minimum absolute atomic E-state index is 0.580. The molecule has 21 heavy (non-hydrogen) atoms. The topological polar surface area (TPSA) is 50.3 Å². The maximum atomic E-state index is 5.11. The average Bonchev–Trinajstić information content (AvgIpc) is 3.02. The van der Waals surface area contributed by atoms with Gasteiger partial charge in [0, 0.05) is 54.7 Å². The van der Waals surface area contributed by atoms with Crippen molar-refractivity contribution in [1.82, 2.24) is 14.7 Å². The summed E-state index contributed by atoms with van der Waals surface area (Å²) >= 11 is 1.51. The zero-order valence-corrected chi connectivity index (χ0v) is 13.0. The molecule has 0 bridgehead atoms. The number of hydrogen-bond acceptors (Lipinski definition) is 6. The summed E-state index contributed by atoms with van der Waals surface area (Å²) in [7, 11) is 1.65. The third-order valence-corrected chi connectivity index (χ3v) is 4.60. The van der Waals surface area contributed by atoms with E-state index in [1.54, 1.807) is 7.11 Å². The van der Waals surface area contributed by atoms with Crippen molar-refractivity contribution in [1.29, 1.82) is 0 Å². The Kier molecular flexibility index (Phi) is 4.67. The van der Waals surface area contributed by atoms with Crippen molar-refractivity contribution < 1.29 is 4.74 Å². The zero-order valence-electron chi connectivity index (χ0n) is 12.2. The summed E-state index contributed by atoms with van der Waals surface area (Å²) in [5.74, 6) is 0.712. The van der Waals surface area contributed by atoms with Crippen molar-refractivity contribution in [3.63, 3.8) is 0 Å². The standard InChI is InChI=1S/C15H20N4OS/c1-20-15-10-14(21-18-15)11-17-12-4-8-19(9-5-12)13-2-6-16-7-3-13/h2-3,6-7,10,12,17H,4-5,8-9,11H2,1H3. The molecular formula is C15H20N4OS. The van der Waals surface area contributed by atoms with Gasteiger partial charge >= 0.3 is 0 Å². The number of nitrogens with one attached hydrogen (secondary N) is 1. The van der Waals surface area contributed by atoms with Crippen molar-refractivity contribution in [2.75, 3.05) is 25.1 Å². The molecule has 0 amide bonds. The SMILES string of the molecule is COc1cc(CNC2CCN(c3ccncc3)CC2)sn1. The van der Waals surface area contributed by atoms with Gasteiger partial charge in [-0.15, -0.1) is 0 Å². The van der Waals surface area contributed by atoms with Gasteiger partial charge in [-0.2, -0.15) is 4.37 Å². The van der Waals surface area contributed by atoms with E-state index in [2.05, 4.69) is 31.7 Å². The number of methoxy groups -OCH3 is 1. The highest BCUT2D eigenvalue weighted by Crippen LogP contribution is 2.20. The fourth-order valence-electron chi connectivity index (χ4n) is 2.62. The first-order chi connectivity index (χ1) is 10.3. The smallest absolute Gasteiger partial charge is 0.225 e. The molecule has 1 aliphatic rings. The summed E-state index contributed by atoms with van der Waals surface area (Å²) in [6.45, 7) is 3.06. The van der Waals surface area contributed by atoms with Gasteiger partial charge in [0.25, 0.3) is 0 Å². The Hall–Kier alpha value is -1.66. The van der Waals surface area contributed by atoms with Crippen LogP contribution in [0.1, 0.15) is 17.7 Å². The fourth-order valence-corrected chi connectivity index (χ4v) is 3.25. The van der Waals surface area contributed by atoms with Crippen LogP contribution in [-0.4, -0.2) is 35.6 Å². The van der Waals surface area contributed by atoms with Crippen LogP contribution in [0.25, 0.3) is 0 Å². The van der Waals surface area contributed by atoms with Crippen LogP contribution in [0.4, 0.5) is 5.69 Å². The second kappa shape index (κ2) is 6.87. The van der Waals surface area contributed by atoms with Gasteiger partial charge in [0.05, 0.1) is 7.11 Å². The highest BCUT2D eigenvalue weighted by atomic mass is 32.1. The molecule has 0 aliphatic carbocycles. The van der Waals surface area contributed by atoms with Gasteiger partial charge in [0.1, 0.15) is 0 Å². The Balaban J connectivity index is 1.45. The maximum Gasteiger partial charge on any atom is 0.225 e. The molecule has 0 spiro atoms. The molecule has 6 heteroatoms. The molecular weight excluding hydrogens is 284 g/mol. The molecule has 1 fully saturated rings. The number of ether oxygens (including phenoxy) is 1. The lowest BCUT2D eigenvalue weighted by Crippen LogP contribution is -2.42. The lowest BCUT2D eigenvalue weighted by molar-refractivity contribution is 0.401. The summed E-state index contributed by atoms with van der Waals surface area (Å²) in [4.78, 5) is 7.72. The van der Waals surface area contributed by atoms with E-state index in [-0.39, 0.29) is 0 Å². The Bertz CT molecular complexity index is 552. The normalized spacial score (nSPS) is 16.1. The number of anilines is 1. The molecule has 0 aromatic carbocycles. The molecule has 0 saturated carbocycles. The molecule has 1 N–H and O–H groups in total. The maximum absolute atomic E-state index is 5.11. The largest absolute Gasteiger partial charge is 0.480 e. The van der Waals surface area contributed by atoms with Crippen LogP contribution >= 0.6 is 11.5 Å². The third-order valence-electron chi connectivity index (χ3n) is 3.83. The van der Waals surface area contributed by atoms with Gasteiger partial charge in [0.2, 0.25) is 5.88 Å². The molecule has 1 saturated heterocycles. The van der Waals surface area contributed by atoms with Gasteiger partial charge in [-0.05, 0) is 36.5 Å². The summed E-state index contributed by atoms with van der Waals surface area (Å²) in [5.41, 5.74) is 1.27. The van der Waals surface area contributed by atoms with Crippen molar-refractivity contribution >= 4 is 17.2 Å². The van der Waals surface area contributed by atoms with E-state index in [0.717, 1.165) is 32.5 Å². The summed E-state index contributed by atoms with van der Waals surface area (Å²) in [6.07, 6.45) is 6.05. The van der Waals surface area contributed by atoms with Gasteiger partial charge in [-0.1, -0.05) is 0 Å². The number of piperidine rings is 1. The van der Waals surface area contributed by atoms with Gasteiger partial charge in [0.15, 0.2) is 0 Å².